The van der Waals surface area contributed by atoms with Crippen molar-refractivity contribution in [1.82, 2.24) is 10.2 Å². The van der Waals surface area contributed by atoms with Crippen LogP contribution in [0.2, 0.25) is 0 Å². The van der Waals surface area contributed by atoms with Gasteiger partial charge in [-0.15, -0.1) is 12.4 Å². The summed E-state index contributed by atoms with van der Waals surface area (Å²) in [4.78, 5) is 12.9. The fraction of sp³-hybridized carbons (Fsp3) is 0.333. The Balaban J connectivity index is 0.00000243. The Kier molecular flexibility index (Phi) is 6.90. The Morgan fingerprint density at radius 2 is 2.12 bits per heavy atom. The zero-order chi connectivity index (χ0) is 17.8. The van der Waals surface area contributed by atoms with E-state index in [0.717, 1.165) is 23.9 Å². The van der Waals surface area contributed by atoms with Crippen molar-refractivity contribution in [2.75, 3.05) is 26.7 Å². The average molecular weight is 382 g/mol. The van der Waals surface area contributed by atoms with E-state index in [-0.39, 0.29) is 24.1 Å². The lowest BCUT2D eigenvalue weighted by Gasteiger charge is -2.37. The first-order valence-corrected chi connectivity index (χ1v) is 8.10. The summed E-state index contributed by atoms with van der Waals surface area (Å²) in [5, 5.41) is 14.6. The Morgan fingerprint density at radius 3 is 2.85 bits per heavy atom. The zero-order valence-corrected chi connectivity index (χ0v) is 15.2. The third-order valence-corrected chi connectivity index (χ3v) is 4.46. The van der Waals surface area contributed by atoms with Gasteiger partial charge in [-0.2, -0.15) is 0 Å². The summed E-state index contributed by atoms with van der Waals surface area (Å²) >= 11 is 0. The van der Waals surface area contributed by atoms with Crippen LogP contribution in [0, 0.1) is 15.9 Å². The molecule has 1 aliphatic rings. The Labute approximate surface area is 157 Å². The van der Waals surface area contributed by atoms with Gasteiger partial charge in [0.05, 0.1) is 18.1 Å². The second kappa shape index (κ2) is 8.93. The molecule has 2 aromatic carbocycles. The molecule has 1 fully saturated rings. The van der Waals surface area contributed by atoms with E-state index in [1.807, 2.05) is 24.3 Å². The highest BCUT2D eigenvalue weighted by Gasteiger charge is 2.28. The predicted molar refractivity (Wildman–Crippen MR) is 99.3 cm³/mol. The van der Waals surface area contributed by atoms with Gasteiger partial charge in [0.1, 0.15) is 11.6 Å². The molecule has 3 rings (SSSR count). The van der Waals surface area contributed by atoms with Gasteiger partial charge in [-0.1, -0.05) is 18.2 Å². The molecule has 0 radical (unpaired) electrons. The molecule has 0 spiro atoms. The molecule has 1 atom stereocenters. The quantitative estimate of drug-likeness (QED) is 0.635. The van der Waals surface area contributed by atoms with E-state index in [0.29, 0.717) is 25.2 Å². The first-order chi connectivity index (χ1) is 12.1. The van der Waals surface area contributed by atoms with Crippen molar-refractivity contribution in [2.45, 2.75) is 12.6 Å². The number of hydrogen-bond acceptors (Lipinski definition) is 5. The van der Waals surface area contributed by atoms with Crippen molar-refractivity contribution < 1.29 is 14.1 Å². The highest BCUT2D eigenvalue weighted by atomic mass is 35.5. The van der Waals surface area contributed by atoms with Gasteiger partial charge in [-0.3, -0.25) is 15.0 Å². The van der Waals surface area contributed by atoms with Gasteiger partial charge >= 0.3 is 0 Å². The number of benzene rings is 2. The number of nitro benzene ring substituents is 1. The fourth-order valence-corrected chi connectivity index (χ4v) is 3.26. The fourth-order valence-electron chi connectivity index (χ4n) is 3.26. The molecule has 1 saturated heterocycles. The van der Waals surface area contributed by atoms with Crippen LogP contribution in [0.5, 0.6) is 5.75 Å². The van der Waals surface area contributed by atoms with Crippen LogP contribution in [0.4, 0.5) is 10.1 Å². The van der Waals surface area contributed by atoms with E-state index in [9.17, 15) is 14.5 Å². The molecule has 26 heavy (non-hydrogen) atoms. The maximum atomic E-state index is 13.6. The van der Waals surface area contributed by atoms with E-state index >= 15 is 0 Å². The number of hydrogen-bond donors (Lipinski definition) is 1. The van der Waals surface area contributed by atoms with Gasteiger partial charge < -0.3 is 10.1 Å². The van der Waals surface area contributed by atoms with E-state index < -0.39 is 10.7 Å². The van der Waals surface area contributed by atoms with Gasteiger partial charge in [-0.25, -0.2) is 4.39 Å². The monoisotopic (exact) mass is 381 g/mol. The van der Waals surface area contributed by atoms with Gasteiger partial charge in [0, 0.05) is 43.4 Å². The highest BCUT2D eigenvalue weighted by molar-refractivity contribution is 5.85. The molecule has 6 nitrogen and oxygen atoms in total. The van der Waals surface area contributed by atoms with Crippen LogP contribution in [0.25, 0.3) is 0 Å². The third kappa shape index (κ3) is 4.30. The van der Waals surface area contributed by atoms with Crippen molar-refractivity contribution in [3.8, 4) is 5.75 Å². The maximum Gasteiger partial charge on any atom is 0.274 e. The zero-order valence-electron chi connectivity index (χ0n) is 14.4. The second-order valence-electron chi connectivity index (χ2n) is 5.96. The maximum absolute atomic E-state index is 13.6. The summed E-state index contributed by atoms with van der Waals surface area (Å²) in [5.41, 5.74) is 1.33. The normalized spacial score (nSPS) is 17.4. The van der Waals surface area contributed by atoms with Gasteiger partial charge in [0.25, 0.3) is 5.69 Å². The Morgan fingerprint density at radius 1 is 1.35 bits per heavy atom. The molecule has 1 N–H and O–H groups in total. The topological polar surface area (TPSA) is 67.6 Å². The number of nitro groups is 1. The van der Waals surface area contributed by atoms with Gasteiger partial charge in [0.15, 0.2) is 0 Å². The molecule has 1 heterocycles. The summed E-state index contributed by atoms with van der Waals surface area (Å²) < 4.78 is 19.1. The number of rotatable bonds is 5. The molecular weight excluding hydrogens is 361 g/mol. The van der Waals surface area contributed by atoms with Crippen LogP contribution in [-0.2, 0) is 6.54 Å². The van der Waals surface area contributed by atoms with Crippen LogP contribution in [0.1, 0.15) is 17.2 Å². The van der Waals surface area contributed by atoms with Crippen molar-refractivity contribution in [3.63, 3.8) is 0 Å². The molecule has 0 aliphatic carbocycles. The molecule has 0 saturated carbocycles. The Hall–Kier alpha value is -2.22. The minimum absolute atomic E-state index is 0. The lowest BCUT2D eigenvalue weighted by Crippen LogP contribution is -2.45. The summed E-state index contributed by atoms with van der Waals surface area (Å²) in [6, 6.07) is 11.3. The van der Waals surface area contributed by atoms with Crippen molar-refractivity contribution in [3.05, 3.63) is 69.5 Å². The minimum atomic E-state index is -0.468. The number of halogens is 2. The standard InChI is InChI=1S/C18H20FN3O3.ClH/c1-25-18-5-3-2-4-15(18)17-11-20-8-9-21(17)12-13-10-14(19)6-7-16(13)22(23)24;/h2-7,10,17,20H,8-9,11-12H2,1H3;1H. The molecule has 140 valence electrons. The number of methoxy groups -OCH3 is 1. The first kappa shape index (κ1) is 20.1. The molecule has 0 aromatic heterocycles. The van der Waals surface area contributed by atoms with Crippen molar-refractivity contribution in [1.29, 1.82) is 0 Å². The minimum Gasteiger partial charge on any atom is -0.496 e. The van der Waals surface area contributed by atoms with E-state index in [1.165, 1.54) is 12.1 Å². The highest BCUT2D eigenvalue weighted by Crippen LogP contribution is 2.32. The SMILES string of the molecule is COc1ccccc1C1CNCCN1Cc1cc(F)ccc1[N+](=O)[O-].Cl. The van der Waals surface area contributed by atoms with Crippen molar-refractivity contribution in [2.24, 2.45) is 0 Å². The number of para-hydroxylation sites is 1. The van der Waals surface area contributed by atoms with Gasteiger partial charge in [0.2, 0.25) is 0 Å². The average Bonchev–Trinajstić information content (AvgIpc) is 2.62. The van der Waals surface area contributed by atoms with Gasteiger partial charge in [-0.05, 0) is 18.2 Å². The molecule has 2 aromatic rings. The van der Waals surface area contributed by atoms with Crippen LogP contribution >= 0.6 is 12.4 Å². The first-order valence-electron chi connectivity index (χ1n) is 8.10. The van der Waals surface area contributed by atoms with E-state index in [2.05, 4.69) is 10.2 Å². The predicted octanol–water partition coefficient (Wildman–Crippen LogP) is 3.31. The molecule has 1 unspecified atom stereocenters. The number of nitrogens with one attached hydrogen (secondary N) is 1. The third-order valence-electron chi connectivity index (χ3n) is 4.46. The molecule has 0 bridgehead atoms. The molecule has 8 heteroatoms. The van der Waals surface area contributed by atoms with Crippen molar-refractivity contribution >= 4 is 18.1 Å². The lowest BCUT2D eigenvalue weighted by atomic mass is 10.0. The summed E-state index contributed by atoms with van der Waals surface area (Å²) in [7, 11) is 1.62. The second-order valence-corrected chi connectivity index (χ2v) is 5.96. The molecule has 0 amide bonds. The summed E-state index contributed by atoms with van der Waals surface area (Å²) in [6.45, 7) is 2.48. The van der Waals surface area contributed by atoms with E-state index in [1.54, 1.807) is 7.11 Å². The number of nitrogens with zero attached hydrogens (tertiary/aromatic N) is 2. The van der Waals surface area contributed by atoms with Crippen LogP contribution in [-0.4, -0.2) is 36.6 Å². The smallest absolute Gasteiger partial charge is 0.274 e. The van der Waals surface area contributed by atoms with Crippen LogP contribution in [0.3, 0.4) is 0 Å². The number of piperazine rings is 1. The van der Waals surface area contributed by atoms with Crippen LogP contribution in [0.15, 0.2) is 42.5 Å². The summed E-state index contributed by atoms with van der Waals surface area (Å²) in [6.07, 6.45) is 0. The van der Waals surface area contributed by atoms with E-state index in [4.69, 9.17) is 4.74 Å². The number of ether oxygens (including phenoxy) is 1. The lowest BCUT2D eigenvalue weighted by molar-refractivity contribution is -0.385. The summed E-state index contributed by atoms with van der Waals surface area (Å²) in [5.74, 6) is 0.305. The molecular formula is C18H21ClFN3O3. The molecule has 1 aliphatic heterocycles. The largest absolute Gasteiger partial charge is 0.496 e. The van der Waals surface area contributed by atoms with Crippen LogP contribution < -0.4 is 10.1 Å². The Bertz CT molecular complexity index is 775.